The van der Waals surface area contributed by atoms with E-state index in [0.717, 1.165) is 18.5 Å². The van der Waals surface area contributed by atoms with Crippen LogP contribution in [0.15, 0.2) is 23.0 Å². The molecule has 136 valence electrons. The number of methoxy groups -OCH3 is 1. The number of carbonyl (C=O) groups is 1. The lowest BCUT2D eigenvalue weighted by atomic mass is 10.2. The molecular weight excluding hydrogens is 322 g/mol. The summed E-state index contributed by atoms with van der Waals surface area (Å²) < 4.78 is 12.5. The monoisotopic (exact) mass is 347 g/mol. The normalized spacial score (nSPS) is 21.0. The first-order valence-corrected chi connectivity index (χ1v) is 8.39. The van der Waals surface area contributed by atoms with E-state index in [1.807, 2.05) is 13.1 Å². The van der Waals surface area contributed by atoms with Crippen molar-refractivity contribution >= 4 is 5.91 Å². The van der Waals surface area contributed by atoms with Crippen molar-refractivity contribution in [3.8, 4) is 0 Å². The predicted octanol–water partition coefficient (Wildman–Crippen LogP) is 1.02. The predicted molar refractivity (Wildman–Crippen MR) is 91.4 cm³/mol. The summed E-state index contributed by atoms with van der Waals surface area (Å²) in [6.45, 7) is 3.96. The summed E-state index contributed by atoms with van der Waals surface area (Å²) in [5.74, 6) is 0.471. The van der Waals surface area contributed by atoms with E-state index in [2.05, 4.69) is 22.2 Å². The number of ether oxygens (including phenoxy) is 1. The molecule has 2 atom stereocenters. The third-order valence-electron chi connectivity index (χ3n) is 4.67. The van der Waals surface area contributed by atoms with Gasteiger partial charge in [-0.25, -0.2) is 0 Å². The lowest BCUT2D eigenvalue weighted by Gasteiger charge is -2.24. The van der Waals surface area contributed by atoms with Gasteiger partial charge >= 0.3 is 0 Å². The standard InChI is InChI=1S/C17H25N5O3/c1-12-7-18-22(8-12)11-15-6-16(19-25-15)17(23)21(3)9-13-5-14(24-4)10-20(13)2/h6-8,13-14H,5,9-11H2,1-4H3/t13-,14-/m0/s1. The quantitative estimate of drug-likeness (QED) is 0.776. The summed E-state index contributed by atoms with van der Waals surface area (Å²) in [7, 11) is 5.58. The van der Waals surface area contributed by atoms with Crippen LogP contribution in [0.5, 0.6) is 0 Å². The Morgan fingerprint density at radius 3 is 2.96 bits per heavy atom. The molecule has 0 saturated carbocycles. The number of likely N-dealkylation sites (N-methyl/N-ethyl adjacent to an activating group) is 2. The summed E-state index contributed by atoms with van der Waals surface area (Å²) in [5, 5.41) is 8.13. The summed E-state index contributed by atoms with van der Waals surface area (Å²) >= 11 is 0. The van der Waals surface area contributed by atoms with Crippen LogP contribution in [0, 0.1) is 6.92 Å². The molecule has 2 aromatic rings. The van der Waals surface area contributed by atoms with Crippen molar-refractivity contribution in [1.29, 1.82) is 0 Å². The first-order chi connectivity index (χ1) is 12.0. The van der Waals surface area contributed by atoms with E-state index in [1.54, 1.807) is 36.0 Å². The van der Waals surface area contributed by atoms with Crippen LogP contribution in [-0.2, 0) is 11.3 Å². The molecule has 1 fully saturated rings. The Labute approximate surface area is 147 Å². The van der Waals surface area contributed by atoms with Crippen molar-refractivity contribution in [2.45, 2.75) is 32.0 Å². The fourth-order valence-corrected chi connectivity index (χ4v) is 3.21. The van der Waals surface area contributed by atoms with E-state index < -0.39 is 0 Å². The number of aryl methyl sites for hydroxylation is 1. The summed E-state index contributed by atoms with van der Waals surface area (Å²) in [6, 6.07) is 1.98. The average Bonchev–Trinajstić information content (AvgIpc) is 3.29. The molecule has 3 heterocycles. The Balaban J connectivity index is 1.59. The van der Waals surface area contributed by atoms with Crippen LogP contribution in [0.2, 0.25) is 0 Å². The average molecular weight is 347 g/mol. The minimum Gasteiger partial charge on any atom is -0.380 e. The molecule has 1 aliphatic heterocycles. The van der Waals surface area contributed by atoms with Crippen molar-refractivity contribution in [2.24, 2.45) is 0 Å². The molecule has 0 spiro atoms. The lowest BCUT2D eigenvalue weighted by Crippen LogP contribution is -2.39. The first-order valence-electron chi connectivity index (χ1n) is 8.39. The second-order valence-electron chi connectivity index (χ2n) is 6.77. The highest BCUT2D eigenvalue weighted by Crippen LogP contribution is 2.19. The molecule has 0 aromatic carbocycles. The topological polar surface area (TPSA) is 76.6 Å². The van der Waals surface area contributed by atoms with Gasteiger partial charge in [0.1, 0.15) is 6.54 Å². The van der Waals surface area contributed by atoms with E-state index in [0.29, 0.717) is 24.5 Å². The van der Waals surface area contributed by atoms with E-state index >= 15 is 0 Å². The van der Waals surface area contributed by atoms with Crippen molar-refractivity contribution in [2.75, 3.05) is 34.3 Å². The van der Waals surface area contributed by atoms with Gasteiger partial charge in [0.2, 0.25) is 0 Å². The molecule has 8 nitrogen and oxygen atoms in total. The number of hydrogen-bond acceptors (Lipinski definition) is 6. The number of amides is 1. The fraction of sp³-hybridized carbons (Fsp3) is 0.588. The van der Waals surface area contributed by atoms with Crippen molar-refractivity contribution in [3.63, 3.8) is 0 Å². The maximum absolute atomic E-state index is 12.6. The highest BCUT2D eigenvalue weighted by Gasteiger charge is 2.31. The summed E-state index contributed by atoms with van der Waals surface area (Å²) in [6.07, 6.45) is 4.85. The smallest absolute Gasteiger partial charge is 0.275 e. The number of rotatable bonds is 6. The highest BCUT2D eigenvalue weighted by molar-refractivity contribution is 5.92. The minimum atomic E-state index is -0.138. The lowest BCUT2D eigenvalue weighted by molar-refractivity contribution is 0.0750. The molecule has 0 aliphatic carbocycles. The molecule has 3 rings (SSSR count). The highest BCUT2D eigenvalue weighted by atomic mass is 16.5. The second-order valence-corrected chi connectivity index (χ2v) is 6.77. The third-order valence-corrected chi connectivity index (χ3v) is 4.67. The van der Waals surface area contributed by atoms with E-state index in [1.165, 1.54) is 0 Å². The second kappa shape index (κ2) is 7.37. The largest absolute Gasteiger partial charge is 0.380 e. The minimum absolute atomic E-state index is 0.138. The molecule has 1 amide bonds. The van der Waals surface area contributed by atoms with Crippen molar-refractivity contribution in [3.05, 3.63) is 35.5 Å². The fourth-order valence-electron chi connectivity index (χ4n) is 3.21. The molecule has 0 N–H and O–H groups in total. The Bertz CT molecular complexity index is 725. The van der Waals surface area contributed by atoms with Crippen molar-refractivity contribution < 1.29 is 14.1 Å². The number of hydrogen-bond donors (Lipinski definition) is 0. The van der Waals surface area contributed by atoms with Gasteiger partial charge in [-0.3, -0.25) is 14.4 Å². The van der Waals surface area contributed by atoms with Gasteiger partial charge < -0.3 is 14.2 Å². The number of nitrogens with zero attached hydrogens (tertiary/aromatic N) is 5. The van der Waals surface area contributed by atoms with Gasteiger partial charge in [0.05, 0.1) is 12.3 Å². The molecular formula is C17H25N5O3. The maximum atomic E-state index is 12.6. The van der Waals surface area contributed by atoms with Crippen molar-refractivity contribution in [1.82, 2.24) is 24.7 Å². The van der Waals surface area contributed by atoms with Crippen LogP contribution in [0.1, 0.15) is 28.2 Å². The summed E-state index contributed by atoms with van der Waals surface area (Å²) in [5.41, 5.74) is 1.40. The Hall–Kier alpha value is -2.19. The molecule has 1 aliphatic rings. The third kappa shape index (κ3) is 4.08. The van der Waals surface area contributed by atoms with Gasteiger partial charge in [0.15, 0.2) is 11.5 Å². The molecule has 2 aromatic heterocycles. The molecule has 25 heavy (non-hydrogen) atoms. The zero-order chi connectivity index (χ0) is 18.0. The molecule has 1 saturated heterocycles. The van der Waals surface area contributed by atoms with Gasteiger partial charge in [-0.15, -0.1) is 0 Å². The van der Waals surface area contributed by atoms with Crippen LogP contribution >= 0.6 is 0 Å². The van der Waals surface area contributed by atoms with Crippen LogP contribution in [-0.4, -0.2) is 77.1 Å². The van der Waals surface area contributed by atoms with Gasteiger partial charge in [-0.05, 0) is 26.0 Å². The maximum Gasteiger partial charge on any atom is 0.275 e. The van der Waals surface area contributed by atoms with Gasteiger partial charge in [0, 0.05) is 45.6 Å². The number of carbonyl (C=O) groups excluding carboxylic acids is 1. The van der Waals surface area contributed by atoms with Crippen LogP contribution in [0.4, 0.5) is 0 Å². The van der Waals surface area contributed by atoms with Gasteiger partial charge in [0.25, 0.3) is 5.91 Å². The number of likely N-dealkylation sites (tertiary alicyclic amines) is 1. The molecule has 0 bridgehead atoms. The molecule has 8 heteroatoms. The van der Waals surface area contributed by atoms with Crippen LogP contribution in [0.3, 0.4) is 0 Å². The molecule has 0 unspecified atom stereocenters. The Morgan fingerprint density at radius 1 is 1.52 bits per heavy atom. The Morgan fingerprint density at radius 2 is 2.32 bits per heavy atom. The number of aromatic nitrogens is 3. The van der Waals surface area contributed by atoms with E-state index in [9.17, 15) is 4.79 Å². The zero-order valence-electron chi connectivity index (χ0n) is 15.2. The first kappa shape index (κ1) is 17.6. The van der Waals surface area contributed by atoms with E-state index in [-0.39, 0.29) is 18.1 Å². The zero-order valence-corrected chi connectivity index (χ0v) is 15.2. The Kier molecular flexibility index (Phi) is 5.19. The van der Waals surface area contributed by atoms with Crippen LogP contribution in [0.25, 0.3) is 0 Å². The van der Waals surface area contributed by atoms with Gasteiger partial charge in [-0.2, -0.15) is 5.10 Å². The summed E-state index contributed by atoms with van der Waals surface area (Å²) in [4.78, 5) is 16.5. The SMILES string of the molecule is CO[C@H]1C[C@@H](CN(C)C(=O)c2cc(Cn3cc(C)cn3)on2)N(C)C1. The van der Waals surface area contributed by atoms with Crippen LogP contribution < -0.4 is 0 Å². The molecule has 0 radical (unpaired) electrons. The van der Waals surface area contributed by atoms with E-state index in [4.69, 9.17) is 9.26 Å². The van der Waals surface area contributed by atoms with Gasteiger partial charge in [-0.1, -0.05) is 5.16 Å².